The normalized spacial score (nSPS) is 11.2. The van der Waals surface area contributed by atoms with Gasteiger partial charge in [-0.15, -0.1) is 0 Å². The summed E-state index contributed by atoms with van der Waals surface area (Å²) in [6, 6.07) is 10.2. The third kappa shape index (κ3) is 2.24. The first-order valence-electron chi connectivity index (χ1n) is 6.27. The Kier molecular flexibility index (Phi) is 2.83. The maximum atomic E-state index is 6.11. The van der Waals surface area contributed by atoms with Crippen LogP contribution >= 0.6 is 11.6 Å². The number of hydrogen-bond acceptors (Lipinski definition) is 1. The Morgan fingerprint density at radius 1 is 0.947 bits per heavy atom. The highest BCUT2D eigenvalue weighted by Gasteiger charge is 2.08. The first kappa shape index (κ1) is 12.2. The number of halogens is 1. The molecule has 19 heavy (non-hydrogen) atoms. The smallest absolute Gasteiger partial charge is 0.138 e. The van der Waals surface area contributed by atoms with Gasteiger partial charge in [0.25, 0.3) is 0 Å². The van der Waals surface area contributed by atoms with Gasteiger partial charge in [-0.25, -0.2) is 4.98 Å². The first-order valence-corrected chi connectivity index (χ1v) is 6.65. The Bertz CT molecular complexity index is 752. The molecule has 3 heteroatoms. The molecule has 0 amide bonds. The van der Waals surface area contributed by atoms with Gasteiger partial charge in [-0.2, -0.15) is 0 Å². The Balaban J connectivity index is 2.23. The van der Waals surface area contributed by atoms with Gasteiger partial charge >= 0.3 is 0 Å². The van der Waals surface area contributed by atoms with Gasteiger partial charge in [0.15, 0.2) is 0 Å². The molecule has 0 spiro atoms. The van der Waals surface area contributed by atoms with E-state index in [2.05, 4.69) is 37.0 Å². The fourth-order valence-corrected chi connectivity index (χ4v) is 2.77. The Morgan fingerprint density at radius 3 is 2.42 bits per heavy atom. The van der Waals surface area contributed by atoms with Gasteiger partial charge in [-0.3, -0.25) is 0 Å². The summed E-state index contributed by atoms with van der Waals surface area (Å²) in [6.07, 6.45) is 0. The molecular weight excluding hydrogens is 256 g/mol. The minimum Gasteiger partial charge on any atom is -0.338 e. The van der Waals surface area contributed by atoms with E-state index in [-0.39, 0.29) is 0 Å². The first-order chi connectivity index (χ1) is 9.02. The largest absolute Gasteiger partial charge is 0.338 e. The highest BCUT2D eigenvalue weighted by Crippen LogP contribution is 2.26. The van der Waals surface area contributed by atoms with Gasteiger partial charge in [-0.1, -0.05) is 17.7 Å². The summed E-state index contributed by atoms with van der Waals surface area (Å²) in [7, 11) is 0. The lowest BCUT2D eigenvalue weighted by Gasteiger charge is -2.00. The summed E-state index contributed by atoms with van der Waals surface area (Å²) < 4.78 is 0. The molecule has 1 heterocycles. The molecule has 0 bridgehead atoms. The number of imidazole rings is 1. The average Bonchev–Trinajstić information content (AvgIpc) is 2.71. The van der Waals surface area contributed by atoms with Crippen molar-refractivity contribution < 1.29 is 0 Å². The maximum absolute atomic E-state index is 6.11. The summed E-state index contributed by atoms with van der Waals surface area (Å²) >= 11 is 6.11. The van der Waals surface area contributed by atoms with Crippen LogP contribution in [0.15, 0.2) is 30.3 Å². The maximum Gasteiger partial charge on any atom is 0.138 e. The van der Waals surface area contributed by atoms with Crippen molar-refractivity contribution in [3.05, 3.63) is 52.0 Å². The van der Waals surface area contributed by atoms with Crippen LogP contribution < -0.4 is 0 Å². The zero-order valence-corrected chi connectivity index (χ0v) is 12.0. The molecule has 0 fully saturated rings. The Hall–Kier alpha value is -1.80. The fraction of sp³-hybridized carbons (Fsp3) is 0.188. The van der Waals surface area contributed by atoms with Crippen LogP contribution in [0.5, 0.6) is 0 Å². The van der Waals surface area contributed by atoms with Crippen molar-refractivity contribution in [1.29, 1.82) is 0 Å². The monoisotopic (exact) mass is 270 g/mol. The van der Waals surface area contributed by atoms with Gasteiger partial charge in [0.2, 0.25) is 0 Å². The third-order valence-electron chi connectivity index (χ3n) is 3.24. The van der Waals surface area contributed by atoms with Crippen molar-refractivity contribution in [3.63, 3.8) is 0 Å². The topological polar surface area (TPSA) is 28.7 Å². The molecule has 0 saturated heterocycles. The van der Waals surface area contributed by atoms with Crippen LogP contribution in [0, 0.1) is 20.8 Å². The summed E-state index contributed by atoms with van der Waals surface area (Å²) in [4.78, 5) is 8.07. The van der Waals surface area contributed by atoms with Crippen molar-refractivity contribution >= 4 is 22.6 Å². The molecule has 3 aromatic rings. The molecule has 0 radical (unpaired) electrons. The Labute approximate surface area is 117 Å². The van der Waals surface area contributed by atoms with Gasteiger partial charge in [0.1, 0.15) is 5.82 Å². The van der Waals surface area contributed by atoms with Crippen LogP contribution in [0.25, 0.3) is 22.4 Å². The molecule has 3 rings (SSSR count). The molecule has 0 saturated carbocycles. The molecule has 96 valence electrons. The third-order valence-corrected chi connectivity index (χ3v) is 3.46. The summed E-state index contributed by atoms with van der Waals surface area (Å²) in [5, 5.41) is 0.739. The summed E-state index contributed by atoms with van der Waals surface area (Å²) in [5.74, 6) is 0.870. The van der Waals surface area contributed by atoms with E-state index in [9.17, 15) is 0 Å². The van der Waals surface area contributed by atoms with Crippen molar-refractivity contribution in [1.82, 2.24) is 9.97 Å². The Morgan fingerprint density at radius 2 is 1.68 bits per heavy atom. The predicted octanol–water partition coefficient (Wildman–Crippen LogP) is 4.81. The van der Waals surface area contributed by atoms with Crippen molar-refractivity contribution in [2.45, 2.75) is 20.8 Å². The van der Waals surface area contributed by atoms with E-state index in [0.29, 0.717) is 0 Å². The van der Waals surface area contributed by atoms with Gasteiger partial charge in [0, 0.05) is 10.6 Å². The zero-order valence-electron chi connectivity index (χ0n) is 11.2. The second kappa shape index (κ2) is 4.39. The van der Waals surface area contributed by atoms with E-state index in [1.54, 1.807) is 0 Å². The number of fused-ring (bicyclic) bond motifs is 1. The minimum atomic E-state index is 0.739. The molecular formula is C16H15ClN2. The summed E-state index contributed by atoms with van der Waals surface area (Å²) in [6.45, 7) is 6.22. The zero-order chi connectivity index (χ0) is 13.6. The van der Waals surface area contributed by atoms with Crippen LogP contribution in [0.3, 0.4) is 0 Å². The number of aromatic nitrogens is 2. The number of nitrogens with one attached hydrogen (secondary N) is 1. The standard InChI is InChI=1S/C16H15ClN2/c1-9-4-11(3)15-14(7-9)18-16(19-15)12-5-10(2)6-13(17)8-12/h4-8H,1-3H3,(H,18,19). The number of benzene rings is 2. The minimum absolute atomic E-state index is 0.739. The van der Waals surface area contributed by atoms with Crippen molar-refractivity contribution in [3.8, 4) is 11.4 Å². The highest BCUT2D eigenvalue weighted by molar-refractivity contribution is 6.30. The lowest BCUT2D eigenvalue weighted by molar-refractivity contribution is 1.32. The van der Waals surface area contributed by atoms with Crippen LogP contribution in [-0.4, -0.2) is 9.97 Å². The molecule has 0 aliphatic carbocycles. The van der Waals surface area contributed by atoms with Crippen LogP contribution in [0.4, 0.5) is 0 Å². The van der Waals surface area contributed by atoms with Crippen molar-refractivity contribution in [2.24, 2.45) is 0 Å². The van der Waals surface area contributed by atoms with E-state index >= 15 is 0 Å². The van der Waals surface area contributed by atoms with Gasteiger partial charge in [-0.05, 0) is 61.7 Å². The van der Waals surface area contributed by atoms with E-state index < -0.39 is 0 Å². The molecule has 1 aromatic heterocycles. The van der Waals surface area contributed by atoms with Crippen molar-refractivity contribution in [2.75, 3.05) is 0 Å². The lowest BCUT2D eigenvalue weighted by Crippen LogP contribution is -1.82. The highest BCUT2D eigenvalue weighted by atomic mass is 35.5. The number of rotatable bonds is 1. The number of nitrogens with zero attached hydrogens (tertiary/aromatic N) is 1. The number of aryl methyl sites for hydroxylation is 3. The fourth-order valence-electron chi connectivity index (χ4n) is 2.48. The number of H-pyrrole nitrogens is 1. The molecule has 0 atom stereocenters. The molecule has 1 N–H and O–H groups in total. The van der Waals surface area contributed by atoms with E-state index in [4.69, 9.17) is 16.6 Å². The second-order valence-corrected chi connectivity index (χ2v) is 5.52. The van der Waals surface area contributed by atoms with Gasteiger partial charge in [0.05, 0.1) is 11.0 Å². The molecule has 0 unspecified atom stereocenters. The second-order valence-electron chi connectivity index (χ2n) is 5.08. The van der Waals surface area contributed by atoms with Crippen LogP contribution in [0.2, 0.25) is 5.02 Å². The van der Waals surface area contributed by atoms with E-state index in [1.807, 2.05) is 19.1 Å². The molecule has 2 nitrogen and oxygen atoms in total. The van der Waals surface area contributed by atoms with Gasteiger partial charge < -0.3 is 4.98 Å². The number of hydrogen-bond donors (Lipinski definition) is 1. The quantitative estimate of drug-likeness (QED) is 0.675. The molecule has 0 aliphatic rings. The van der Waals surface area contributed by atoms with E-state index in [1.165, 1.54) is 11.1 Å². The summed E-state index contributed by atoms with van der Waals surface area (Å²) in [5.41, 5.74) is 6.69. The molecule has 0 aliphatic heterocycles. The lowest BCUT2D eigenvalue weighted by atomic mass is 10.1. The predicted molar refractivity (Wildman–Crippen MR) is 80.8 cm³/mol. The van der Waals surface area contributed by atoms with Crippen LogP contribution in [-0.2, 0) is 0 Å². The average molecular weight is 271 g/mol. The SMILES string of the molecule is Cc1cc(Cl)cc(-c2nc3c(C)cc(C)cc3[nH]2)c1. The number of aromatic amines is 1. The molecule has 2 aromatic carbocycles. The van der Waals surface area contributed by atoms with Crippen LogP contribution in [0.1, 0.15) is 16.7 Å². The van der Waals surface area contributed by atoms with E-state index in [0.717, 1.165) is 33.0 Å².